The van der Waals surface area contributed by atoms with E-state index in [1.807, 2.05) is 49.4 Å². The Morgan fingerprint density at radius 1 is 0.958 bits per heavy atom. The molecule has 0 radical (unpaired) electrons. The highest BCUT2D eigenvalue weighted by Gasteiger charge is 2.08. The number of halogens is 1. The van der Waals surface area contributed by atoms with Gasteiger partial charge in [0.15, 0.2) is 0 Å². The zero-order chi connectivity index (χ0) is 16.8. The molecule has 24 heavy (non-hydrogen) atoms. The van der Waals surface area contributed by atoms with Crippen LogP contribution in [0.1, 0.15) is 12.5 Å². The van der Waals surface area contributed by atoms with Gasteiger partial charge in [-0.05, 0) is 30.7 Å². The van der Waals surface area contributed by atoms with Crippen LogP contribution in [0.5, 0.6) is 0 Å². The number of nitrogens with zero attached hydrogens (tertiary/aromatic N) is 3. The fourth-order valence-corrected chi connectivity index (χ4v) is 2.67. The number of aromatic nitrogens is 3. The van der Waals surface area contributed by atoms with Gasteiger partial charge >= 0.3 is 0 Å². The molecule has 3 rings (SSSR count). The molecule has 6 heteroatoms. The normalized spacial score (nSPS) is 10.4. The molecule has 0 bridgehead atoms. The van der Waals surface area contributed by atoms with Crippen LogP contribution >= 0.6 is 15.9 Å². The largest absolute Gasteiger partial charge is 0.366 e. The van der Waals surface area contributed by atoms with Crippen molar-refractivity contribution < 1.29 is 0 Å². The van der Waals surface area contributed by atoms with Gasteiger partial charge in [0.1, 0.15) is 5.82 Å². The third-order valence-electron chi connectivity index (χ3n) is 3.41. The lowest BCUT2D eigenvalue weighted by atomic mass is 10.2. The summed E-state index contributed by atoms with van der Waals surface area (Å²) >= 11 is 3.57. The number of hydrogen-bond acceptors (Lipinski definition) is 5. The molecule has 0 saturated heterocycles. The van der Waals surface area contributed by atoms with Gasteiger partial charge in [-0.2, -0.15) is 4.98 Å². The lowest BCUT2D eigenvalue weighted by Gasteiger charge is -2.11. The quantitative estimate of drug-likeness (QED) is 0.662. The van der Waals surface area contributed by atoms with Crippen LogP contribution in [-0.2, 0) is 6.54 Å². The fraction of sp³-hybridized carbons (Fsp3) is 0.167. The number of rotatable bonds is 6. The Kier molecular flexibility index (Phi) is 5.38. The Morgan fingerprint density at radius 3 is 2.54 bits per heavy atom. The molecule has 5 nitrogen and oxygen atoms in total. The van der Waals surface area contributed by atoms with Crippen LogP contribution in [0.4, 0.5) is 11.8 Å². The Labute approximate surface area is 149 Å². The maximum atomic E-state index is 4.53. The van der Waals surface area contributed by atoms with Gasteiger partial charge in [0, 0.05) is 29.8 Å². The predicted octanol–water partition coefficient (Wildman–Crippen LogP) is 4.35. The second kappa shape index (κ2) is 7.88. The number of nitrogens with one attached hydrogen (secondary N) is 2. The van der Waals surface area contributed by atoms with Gasteiger partial charge in [-0.3, -0.25) is 4.98 Å². The minimum Gasteiger partial charge on any atom is -0.366 e. The summed E-state index contributed by atoms with van der Waals surface area (Å²) in [6.07, 6.45) is 1.76. The summed E-state index contributed by atoms with van der Waals surface area (Å²) in [5.74, 6) is 1.35. The van der Waals surface area contributed by atoms with Crippen molar-refractivity contribution in [2.75, 3.05) is 17.2 Å². The van der Waals surface area contributed by atoms with Crippen LogP contribution in [0.2, 0.25) is 0 Å². The molecule has 0 fully saturated rings. The molecule has 0 aliphatic heterocycles. The number of anilines is 2. The number of hydrogen-bond donors (Lipinski definition) is 2. The average molecular weight is 384 g/mol. The maximum Gasteiger partial charge on any atom is 0.225 e. The van der Waals surface area contributed by atoms with E-state index in [1.165, 1.54) is 5.56 Å². The summed E-state index contributed by atoms with van der Waals surface area (Å²) in [5.41, 5.74) is 2.78. The smallest absolute Gasteiger partial charge is 0.225 e. The summed E-state index contributed by atoms with van der Waals surface area (Å²) < 4.78 is 1.07. The molecule has 1 aromatic carbocycles. The molecule has 2 aromatic heterocycles. The van der Waals surface area contributed by atoms with Crippen molar-refractivity contribution in [1.82, 2.24) is 15.0 Å². The molecule has 122 valence electrons. The van der Waals surface area contributed by atoms with E-state index in [0.717, 1.165) is 28.2 Å². The van der Waals surface area contributed by atoms with E-state index in [1.54, 1.807) is 6.20 Å². The van der Waals surface area contributed by atoms with E-state index in [9.17, 15) is 0 Å². The first kappa shape index (κ1) is 16.4. The molecular formula is C18H18BrN5. The highest BCUT2D eigenvalue weighted by Crippen LogP contribution is 2.21. The first-order valence-electron chi connectivity index (χ1n) is 7.78. The lowest BCUT2D eigenvalue weighted by molar-refractivity contribution is 1.05. The molecule has 0 unspecified atom stereocenters. The van der Waals surface area contributed by atoms with Gasteiger partial charge in [-0.25, -0.2) is 4.98 Å². The van der Waals surface area contributed by atoms with E-state index in [2.05, 4.69) is 47.6 Å². The van der Waals surface area contributed by atoms with Gasteiger partial charge < -0.3 is 10.6 Å². The van der Waals surface area contributed by atoms with E-state index >= 15 is 0 Å². The summed E-state index contributed by atoms with van der Waals surface area (Å²) in [6.45, 7) is 3.45. The van der Waals surface area contributed by atoms with Crippen LogP contribution in [-0.4, -0.2) is 21.5 Å². The molecule has 0 spiro atoms. The first-order chi connectivity index (χ1) is 11.8. The summed E-state index contributed by atoms with van der Waals surface area (Å²) in [7, 11) is 0. The van der Waals surface area contributed by atoms with Crippen molar-refractivity contribution in [2.45, 2.75) is 13.5 Å². The van der Waals surface area contributed by atoms with Crippen LogP contribution < -0.4 is 10.6 Å². The topological polar surface area (TPSA) is 62.7 Å². The summed E-state index contributed by atoms with van der Waals surface area (Å²) in [4.78, 5) is 13.4. The van der Waals surface area contributed by atoms with Crippen molar-refractivity contribution in [1.29, 1.82) is 0 Å². The van der Waals surface area contributed by atoms with Gasteiger partial charge in [0.05, 0.1) is 11.4 Å². The van der Waals surface area contributed by atoms with Gasteiger partial charge in [-0.1, -0.05) is 40.2 Å². The summed E-state index contributed by atoms with van der Waals surface area (Å²) in [5, 5.41) is 6.53. The average Bonchev–Trinajstić information content (AvgIpc) is 2.62. The van der Waals surface area contributed by atoms with Crippen LogP contribution in [0.25, 0.3) is 11.4 Å². The third kappa shape index (κ3) is 4.08. The SMILES string of the molecule is CCNc1nc(NCc2ccccc2Br)cc(-c2ccccn2)n1. The zero-order valence-corrected chi connectivity index (χ0v) is 14.9. The molecule has 0 atom stereocenters. The maximum absolute atomic E-state index is 4.53. The molecular weight excluding hydrogens is 366 g/mol. The van der Waals surface area contributed by atoms with E-state index in [4.69, 9.17) is 0 Å². The van der Waals surface area contributed by atoms with Crippen molar-refractivity contribution in [3.8, 4) is 11.4 Å². The second-order valence-electron chi connectivity index (χ2n) is 5.15. The van der Waals surface area contributed by atoms with Crippen LogP contribution in [0, 0.1) is 0 Å². The van der Waals surface area contributed by atoms with Crippen LogP contribution in [0.15, 0.2) is 59.2 Å². The van der Waals surface area contributed by atoms with Gasteiger partial charge in [0.2, 0.25) is 5.95 Å². The Bertz CT molecular complexity index is 808. The highest BCUT2D eigenvalue weighted by atomic mass is 79.9. The Morgan fingerprint density at radius 2 is 1.79 bits per heavy atom. The molecule has 0 aliphatic rings. The van der Waals surface area contributed by atoms with Gasteiger partial charge in [-0.15, -0.1) is 0 Å². The van der Waals surface area contributed by atoms with Crippen molar-refractivity contribution >= 4 is 27.7 Å². The zero-order valence-electron chi connectivity index (χ0n) is 13.3. The minimum absolute atomic E-state index is 0.593. The minimum atomic E-state index is 0.593. The molecule has 2 heterocycles. The van der Waals surface area contributed by atoms with E-state index in [0.29, 0.717) is 12.5 Å². The number of benzene rings is 1. The molecule has 0 saturated carbocycles. The predicted molar refractivity (Wildman–Crippen MR) is 101 cm³/mol. The first-order valence-corrected chi connectivity index (χ1v) is 8.57. The Balaban J connectivity index is 1.86. The standard InChI is InChI=1S/C18H18BrN5/c1-2-20-18-23-16(15-9-5-6-10-21-15)11-17(24-18)22-12-13-7-3-4-8-14(13)19/h3-11H,2,12H2,1H3,(H2,20,22,23,24). The Hall–Kier alpha value is -2.47. The third-order valence-corrected chi connectivity index (χ3v) is 4.18. The van der Waals surface area contributed by atoms with Crippen LogP contribution in [0.3, 0.4) is 0 Å². The molecule has 0 amide bonds. The monoisotopic (exact) mass is 383 g/mol. The van der Waals surface area contributed by atoms with Gasteiger partial charge in [0.25, 0.3) is 0 Å². The summed E-state index contributed by atoms with van der Waals surface area (Å²) in [6, 6.07) is 15.8. The van der Waals surface area contributed by atoms with Crippen molar-refractivity contribution in [3.63, 3.8) is 0 Å². The number of pyridine rings is 1. The second-order valence-corrected chi connectivity index (χ2v) is 6.01. The van der Waals surface area contributed by atoms with E-state index < -0.39 is 0 Å². The van der Waals surface area contributed by atoms with Crippen molar-refractivity contribution in [2.24, 2.45) is 0 Å². The molecule has 0 aliphatic carbocycles. The highest BCUT2D eigenvalue weighted by molar-refractivity contribution is 9.10. The molecule has 3 aromatic rings. The molecule has 2 N–H and O–H groups in total. The lowest BCUT2D eigenvalue weighted by Crippen LogP contribution is -2.08. The van der Waals surface area contributed by atoms with E-state index in [-0.39, 0.29) is 0 Å². The fourth-order valence-electron chi connectivity index (χ4n) is 2.25. The van der Waals surface area contributed by atoms with Crippen molar-refractivity contribution in [3.05, 3.63) is 64.8 Å².